The molecule has 0 fully saturated rings. The number of hydrogen-bond donors (Lipinski definition) is 3. The molecule has 8 heteroatoms. The Labute approximate surface area is 155 Å². The molecule has 0 saturated heterocycles. The quantitative estimate of drug-likeness (QED) is 0.364. The molecule has 3 rings (SSSR count). The van der Waals surface area contributed by atoms with Gasteiger partial charge in [0, 0.05) is 11.1 Å². The summed E-state index contributed by atoms with van der Waals surface area (Å²) in [6, 6.07) is 13.5. The number of aromatic nitrogens is 2. The number of hydrazone groups is 1. The highest BCUT2D eigenvalue weighted by atomic mass is 32.1. The Morgan fingerprint density at radius 1 is 1.23 bits per heavy atom. The Kier molecular flexibility index (Phi) is 5.55. The normalized spacial score (nSPS) is 10.7. The molecule has 6 nitrogen and oxygen atoms in total. The maximum atomic E-state index is 13.1. The standard InChI is InChI=1S/C18H16FN5OS/c1-25-16-5-3-2-4-15(16)22-18(26)24-21-11-13-10-20-23-17(13)12-6-8-14(19)9-7-12/h2-11H,1H3,(H,20,23)(H2,22,24,26)/b21-11+. The van der Waals surface area contributed by atoms with E-state index < -0.39 is 0 Å². The van der Waals surface area contributed by atoms with Gasteiger partial charge in [-0.3, -0.25) is 10.5 Å². The third-order valence-electron chi connectivity index (χ3n) is 3.53. The van der Waals surface area contributed by atoms with Gasteiger partial charge in [0.05, 0.1) is 30.9 Å². The van der Waals surface area contributed by atoms with Gasteiger partial charge >= 0.3 is 0 Å². The Morgan fingerprint density at radius 2 is 2.00 bits per heavy atom. The summed E-state index contributed by atoms with van der Waals surface area (Å²) in [5, 5.41) is 14.3. The van der Waals surface area contributed by atoms with Gasteiger partial charge < -0.3 is 10.1 Å². The second-order valence-corrected chi connectivity index (χ2v) is 5.64. The molecule has 26 heavy (non-hydrogen) atoms. The number of nitrogens with one attached hydrogen (secondary N) is 3. The SMILES string of the molecule is COc1ccccc1NC(=S)N/N=C/c1cn[nH]c1-c1ccc(F)cc1. The van der Waals surface area contributed by atoms with Crippen molar-refractivity contribution in [3.05, 3.63) is 66.1 Å². The Morgan fingerprint density at radius 3 is 2.77 bits per heavy atom. The average molecular weight is 369 g/mol. The first kappa shape index (κ1) is 17.6. The number of halogens is 1. The van der Waals surface area contributed by atoms with E-state index in [2.05, 4.69) is 26.0 Å². The van der Waals surface area contributed by atoms with E-state index in [-0.39, 0.29) is 5.82 Å². The van der Waals surface area contributed by atoms with Crippen molar-refractivity contribution >= 4 is 29.2 Å². The Hall–Kier alpha value is -3.26. The summed E-state index contributed by atoms with van der Waals surface area (Å²) in [6.07, 6.45) is 3.21. The lowest BCUT2D eigenvalue weighted by atomic mass is 10.1. The minimum Gasteiger partial charge on any atom is -0.495 e. The van der Waals surface area contributed by atoms with Crippen molar-refractivity contribution < 1.29 is 9.13 Å². The minimum absolute atomic E-state index is 0.294. The van der Waals surface area contributed by atoms with Crippen molar-refractivity contribution in [2.24, 2.45) is 5.10 Å². The maximum Gasteiger partial charge on any atom is 0.191 e. The van der Waals surface area contributed by atoms with Crippen LogP contribution in [0.15, 0.2) is 59.8 Å². The zero-order chi connectivity index (χ0) is 18.4. The molecular weight excluding hydrogens is 353 g/mol. The summed E-state index contributed by atoms with van der Waals surface area (Å²) >= 11 is 5.22. The number of thiocarbonyl (C=S) groups is 1. The van der Waals surface area contributed by atoms with E-state index in [4.69, 9.17) is 17.0 Å². The number of hydrogen-bond acceptors (Lipinski definition) is 4. The summed E-state index contributed by atoms with van der Waals surface area (Å²) in [7, 11) is 1.59. The summed E-state index contributed by atoms with van der Waals surface area (Å²) in [6.45, 7) is 0. The number of benzene rings is 2. The highest BCUT2D eigenvalue weighted by molar-refractivity contribution is 7.80. The van der Waals surface area contributed by atoms with Crippen molar-refractivity contribution in [1.29, 1.82) is 0 Å². The summed E-state index contributed by atoms with van der Waals surface area (Å²) in [5.41, 5.74) is 5.76. The number of ether oxygens (including phenoxy) is 1. The van der Waals surface area contributed by atoms with E-state index in [0.717, 1.165) is 22.5 Å². The number of para-hydroxylation sites is 2. The molecule has 0 aliphatic carbocycles. The van der Waals surface area contributed by atoms with Crippen LogP contribution in [0.3, 0.4) is 0 Å². The van der Waals surface area contributed by atoms with Gasteiger partial charge in [0.2, 0.25) is 0 Å². The van der Waals surface area contributed by atoms with E-state index in [1.807, 2.05) is 24.3 Å². The third-order valence-corrected chi connectivity index (χ3v) is 3.72. The van der Waals surface area contributed by atoms with Crippen molar-refractivity contribution in [3.8, 4) is 17.0 Å². The van der Waals surface area contributed by atoms with Crippen LogP contribution in [0.2, 0.25) is 0 Å². The van der Waals surface area contributed by atoms with Crippen LogP contribution in [0.5, 0.6) is 5.75 Å². The predicted octanol–water partition coefficient (Wildman–Crippen LogP) is 3.54. The van der Waals surface area contributed by atoms with Crippen molar-refractivity contribution in [2.75, 3.05) is 12.4 Å². The predicted molar refractivity (Wildman–Crippen MR) is 104 cm³/mol. The number of aromatic amines is 1. The van der Waals surface area contributed by atoms with Crippen LogP contribution < -0.4 is 15.5 Å². The summed E-state index contributed by atoms with van der Waals surface area (Å²) in [4.78, 5) is 0. The molecule has 132 valence electrons. The van der Waals surface area contributed by atoms with Crippen LogP contribution in [0.25, 0.3) is 11.3 Å². The molecule has 1 heterocycles. The monoisotopic (exact) mass is 369 g/mol. The van der Waals surface area contributed by atoms with Crippen LogP contribution >= 0.6 is 12.2 Å². The highest BCUT2D eigenvalue weighted by Gasteiger charge is 2.06. The van der Waals surface area contributed by atoms with Crippen LogP contribution in [0, 0.1) is 5.82 Å². The summed E-state index contributed by atoms with van der Waals surface area (Å²) < 4.78 is 18.3. The highest BCUT2D eigenvalue weighted by Crippen LogP contribution is 2.23. The lowest BCUT2D eigenvalue weighted by Gasteiger charge is -2.10. The smallest absolute Gasteiger partial charge is 0.191 e. The molecule has 2 aromatic carbocycles. The lowest BCUT2D eigenvalue weighted by Crippen LogP contribution is -2.24. The zero-order valence-corrected chi connectivity index (χ0v) is 14.7. The fourth-order valence-electron chi connectivity index (χ4n) is 2.30. The van der Waals surface area contributed by atoms with Crippen molar-refractivity contribution in [2.45, 2.75) is 0 Å². The molecule has 0 aliphatic heterocycles. The van der Waals surface area contributed by atoms with Gasteiger partial charge in [-0.05, 0) is 48.6 Å². The Balaban J connectivity index is 1.65. The third kappa shape index (κ3) is 4.22. The molecule has 0 saturated carbocycles. The molecule has 0 spiro atoms. The van der Waals surface area contributed by atoms with Crippen LogP contribution in [0.4, 0.5) is 10.1 Å². The molecule has 0 bridgehead atoms. The average Bonchev–Trinajstić information content (AvgIpc) is 3.11. The number of anilines is 1. The van der Waals surface area contributed by atoms with E-state index in [9.17, 15) is 4.39 Å². The van der Waals surface area contributed by atoms with E-state index >= 15 is 0 Å². The number of nitrogens with zero attached hydrogens (tertiary/aromatic N) is 2. The molecule has 3 aromatic rings. The molecule has 0 amide bonds. The van der Waals surface area contributed by atoms with E-state index in [1.54, 1.807) is 31.7 Å². The first-order valence-corrected chi connectivity index (χ1v) is 8.10. The first-order chi connectivity index (χ1) is 12.7. The van der Waals surface area contributed by atoms with Gasteiger partial charge in [0.1, 0.15) is 11.6 Å². The van der Waals surface area contributed by atoms with Gasteiger partial charge in [-0.1, -0.05) is 12.1 Å². The van der Waals surface area contributed by atoms with E-state index in [0.29, 0.717) is 10.9 Å². The number of methoxy groups -OCH3 is 1. The van der Waals surface area contributed by atoms with Crippen molar-refractivity contribution in [1.82, 2.24) is 15.6 Å². The van der Waals surface area contributed by atoms with Gasteiger partial charge in [-0.15, -0.1) is 0 Å². The van der Waals surface area contributed by atoms with Gasteiger partial charge in [-0.2, -0.15) is 10.2 Å². The van der Waals surface area contributed by atoms with Crippen molar-refractivity contribution in [3.63, 3.8) is 0 Å². The molecular formula is C18H16FN5OS. The first-order valence-electron chi connectivity index (χ1n) is 7.70. The topological polar surface area (TPSA) is 74.3 Å². The molecule has 0 radical (unpaired) electrons. The molecule has 0 atom stereocenters. The second kappa shape index (κ2) is 8.21. The fourth-order valence-corrected chi connectivity index (χ4v) is 2.46. The van der Waals surface area contributed by atoms with Gasteiger partial charge in [0.25, 0.3) is 0 Å². The molecule has 3 N–H and O–H groups in total. The van der Waals surface area contributed by atoms with Gasteiger partial charge in [0.15, 0.2) is 5.11 Å². The largest absolute Gasteiger partial charge is 0.495 e. The van der Waals surface area contributed by atoms with Crippen LogP contribution in [0.1, 0.15) is 5.56 Å². The minimum atomic E-state index is -0.294. The van der Waals surface area contributed by atoms with Crippen LogP contribution in [-0.2, 0) is 0 Å². The summed E-state index contributed by atoms with van der Waals surface area (Å²) in [5.74, 6) is 0.381. The van der Waals surface area contributed by atoms with E-state index in [1.165, 1.54) is 12.1 Å². The second-order valence-electron chi connectivity index (χ2n) is 5.23. The zero-order valence-electron chi connectivity index (χ0n) is 13.9. The van der Waals surface area contributed by atoms with Crippen LogP contribution in [-0.4, -0.2) is 28.6 Å². The maximum absolute atomic E-state index is 13.1. The Bertz CT molecular complexity index is 923. The fraction of sp³-hybridized carbons (Fsp3) is 0.0556. The number of rotatable bonds is 5. The lowest BCUT2D eigenvalue weighted by molar-refractivity contribution is 0.417. The molecule has 0 aliphatic rings. The number of H-pyrrole nitrogens is 1. The van der Waals surface area contributed by atoms with Gasteiger partial charge in [-0.25, -0.2) is 4.39 Å². The molecule has 0 unspecified atom stereocenters. The molecule has 1 aromatic heterocycles.